The van der Waals surface area contributed by atoms with Gasteiger partial charge in [-0.3, -0.25) is 0 Å². The fourth-order valence-electron chi connectivity index (χ4n) is 1.39. The summed E-state index contributed by atoms with van der Waals surface area (Å²) in [6.45, 7) is 1.68. The molecule has 1 atom stereocenters. The third kappa shape index (κ3) is 3.45. The van der Waals surface area contributed by atoms with Gasteiger partial charge >= 0.3 is 5.97 Å². The molecule has 0 aliphatic rings. The van der Waals surface area contributed by atoms with Gasteiger partial charge in [0.1, 0.15) is 5.69 Å². The summed E-state index contributed by atoms with van der Waals surface area (Å²) in [4.78, 5) is 10.6. The topological polar surface area (TPSA) is 88.2 Å². The zero-order valence-electron chi connectivity index (χ0n) is 9.18. The summed E-state index contributed by atoms with van der Waals surface area (Å²) in [7, 11) is 0. The van der Waals surface area contributed by atoms with Crippen molar-refractivity contribution in [3.8, 4) is 0 Å². The predicted octanol–water partition coefficient (Wildman–Crippen LogP) is 1.07. The van der Waals surface area contributed by atoms with Crippen molar-refractivity contribution in [2.75, 3.05) is 0 Å². The van der Waals surface area contributed by atoms with E-state index < -0.39 is 29.9 Å². The lowest BCUT2D eigenvalue weighted by Gasteiger charge is -2.07. The molecule has 8 heteroatoms. The van der Waals surface area contributed by atoms with Crippen LogP contribution in [0.1, 0.15) is 42.4 Å². The highest BCUT2D eigenvalue weighted by atomic mass is 19.3. The van der Waals surface area contributed by atoms with Crippen molar-refractivity contribution in [3.05, 3.63) is 11.4 Å². The van der Waals surface area contributed by atoms with Gasteiger partial charge in [-0.25, -0.2) is 18.3 Å². The van der Waals surface area contributed by atoms with E-state index in [4.69, 9.17) is 10.2 Å². The molecule has 1 heterocycles. The van der Waals surface area contributed by atoms with E-state index in [1.807, 2.05) is 0 Å². The average molecular weight is 249 g/mol. The number of aromatic carboxylic acids is 1. The fraction of sp³-hybridized carbons (Fsp3) is 0.667. The van der Waals surface area contributed by atoms with Gasteiger partial charge < -0.3 is 10.2 Å². The number of rotatable bonds is 6. The summed E-state index contributed by atoms with van der Waals surface area (Å²) in [5.74, 6) is -1.53. The van der Waals surface area contributed by atoms with Gasteiger partial charge in [-0.05, 0) is 19.8 Å². The Balaban J connectivity index is 2.81. The van der Waals surface area contributed by atoms with E-state index in [1.165, 1.54) is 0 Å². The molecule has 1 rings (SSSR count). The minimum absolute atomic E-state index is 0.102. The summed E-state index contributed by atoms with van der Waals surface area (Å²) in [6, 6.07) is 0. The van der Waals surface area contributed by atoms with E-state index in [0.29, 0.717) is 12.8 Å². The van der Waals surface area contributed by atoms with E-state index in [9.17, 15) is 13.6 Å². The van der Waals surface area contributed by atoms with E-state index in [2.05, 4.69) is 10.3 Å². The van der Waals surface area contributed by atoms with Gasteiger partial charge in [0.05, 0.1) is 6.10 Å². The molecule has 1 aromatic heterocycles. The van der Waals surface area contributed by atoms with Crippen molar-refractivity contribution in [3.63, 3.8) is 0 Å². The first kappa shape index (κ1) is 13.5. The molecule has 17 heavy (non-hydrogen) atoms. The molecule has 0 fully saturated rings. The Bertz CT molecular complexity index is 393. The standard InChI is InChI=1S/C9H13F2N3O3/c1-5(15)3-2-4-14-7(8(10)11)6(9(16)17)12-13-14/h5,8,15H,2-4H2,1H3,(H,16,17). The molecular formula is C9H13F2N3O3. The van der Waals surface area contributed by atoms with Crippen LogP contribution in [0.25, 0.3) is 0 Å². The lowest BCUT2D eigenvalue weighted by Crippen LogP contribution is -2.10. The zero-order valence-corrected chi connectivity index (χ0v) is 9.18. The van der Waals surface area contributed by atoms with Gasteiger partial charge in [-0.2, -0.15) is 0 Å². The number of alkyl halides is 2. The molecule has 96 valence electrons. The SMILES string of the molecule is CC(O)CCCn1nnc(C(=O)O)c1C(F)F. The highest BCUT2D eigenvalue weighted by molar-refractivity contribution is 5.86. The van der Waals surface area contributed by atoms with E-state index in [0.717, 1.165) is 4.68 Å². The molecule has 0 spiro atoms. The van der Waals surface area contributed by atoms with Crippen molar-refractivity contribution >= 4 is 5.97 Å². The predicted molar refractivity (Wildman–Crippen MR) is 52.9 cm³/mol. The average Bonchev–Trinajstić information content (AvgIpc) is 2.61. The van der Waals surface area contributed by atoms with Crippen molar-refractivity contribution < 1.29 is 23.8 Å². The summed E-state index contributed by atoms with van der Waals surface area (Å²) < 4.78 is 26.2. The van der Waals surface area contributed by atoms with Crippen LogP contribution in [0.3, 0.4) is 0 Å². The van der Waals surface area contributed by atoms with Crippen LogP contribution in [0.15, 0.2) is 0 Å². The Morgan fingerprint density at radius 2 is 2.18 bits per heavy atom. The minimum Gasteiger partial charge on any atom is -0.476 e. The van der Waals surface area contributed by atoms with Crippen LogP contribution >= 0.6 is 0 Å². The fourth-order valence-corrected chi connectivity index (χ4v) is 1.39. The summed E-state index contributed by atoms with van der Waals surface area (Å²) in [5, 5.41) is 24.3. The maximum atomic E-state index is 12.7. The van der Waals surface area contributed by atoms with Gasteiger partial charge in [-0.15, -0.1) is 5.10 Å². The van der Waals surface area contributed by atoms with E-state index in [-0.39, 0.29) is 6.54 Å². The largest absolute Gasteiger partial charge is 0.476 e. The first-order valence-electron chi connectivity index (χ1n) is 5.06. The Morgan fingerprint density at radius 1 is 1.53 bits per heavy atom. The van der Waals surface area contributed by atoms with Crippen LogP contribution in [-0.4, -0.2) is 37.3 Å². The third-order valence-corrected chi connectivity index (χ3v) is 2.17. The molecule has 1 unspecified atom stereocenters. The number of aliphatic hydroxyl groups excluding tert-OH is 1. The Morgan fingerprint density at radius 3 is 2.65 bits per heavy atom. The number of hydrogen-bond donors (Lipinski definition) is 2. The Labute approximate surface area is 95.9 Å². The number of carboxylic acid groups (broad SMARTS) is 1. The molecule has 0 radical (unpaired) electrons. The second-order valence-corrected chi connectivity index (χ2v) is 3.64. The maximum absolute atomic E-state index is 12.7. The number of hydrogen-bond acceptors (Lipinski definition) is 4. The van der Waals surface area contributed by atoms with Crippen molar-refractivity contribution in [1.82, 2.24) is 15.0 Å². The minimum atomic E-state index is -2.94. The van der Waals surface area contributed by atoms with Crippen LogP contribution < -0.4 is 0 Å². The van der Waals surface area contributed by atoms with Crippen LogP contribution in [0.4, 0.5) is 8.78 Å². The number of aryl methyl sites for hydroxylation is 1. The second-order valence-electron chi connectivity index (χ2n) is 3.64. The smallest absolute Gasteiger partial charge is 0.358 e. The lowest BCUT2D eigenvalue weighted by atomic mass is 10.2. The molecule has 6 nitrogen and oxygen atoms in total. The number of halogens is 2. The maximum Gasteiger partial charge on any atom is 0.358 e. The van der Waals surface area contributed by atoms with E-state index in [1.54, 1.807) is 6.92 Å². The number of carboxylic acids is 1. The summed E-state index contributed by atoms with van der Waals surface area (Å²) >= 11 is 0. The molecule has 0 amide bonds. The van der Waals surface area contributed by atoms with Gasteiger partial charge in [0.15, 0.2) is 5.69 Å². The Hall–Kier alpha value is -1.57. The molecule has 1 aromatic rings. The summed E-state index contributed by atoms with van der Waals surface area (Å²) in [6.07, 6.45) is -2.64. The van der Waals surface area contributed by atoms with Gasteiger partial charge in [-0.1, -0.05) is 5.21 Å². The van der Waals surface area contributed by atoms with E-state index >= 15 is 0 Å². The first-order chi connectivity index (χ1) is 7.93. The molecule has 0 aromatic carbocycles. The van der Waals surface area contributed by atoms with Crippen LogP contribution in [0, 0.1) is 0 Å². The molecule has 0 saturated heterocycles. The lowest BCUT2D eigenvalue weighted by molar-refractivity contribution is 0.0675. The van der Waals surface area contributed by atoms with Crippen molar-refractivity contribution in [1.29, 1.82) is 0 Å². The van der Waals surface area contributed by atoms with Crippen molar-refractivity contribution in [2.24, 2.45) is 0 Å². The molecule has 0 bridgehead atoms. The second kappa shape index (κ2) is 5.67. The quantitative estimate of drug-likeness (QED) is 0.787. The Kier molecular flexibility index (Phi) is 4.50. The van der Waals surface area contributed by atoms with Crippen LogP contribution in [0.5, 0.6) is 0 Å². The van der Waals surface area contributed by atoms with Gasteiger partial charge in [0, 0.05) is 6.54 Å². The van der Waals surface area contributed by atoms with Gasteiger partial charge in [0.2, 0.25) is 0 Å². The number of aromatic nitrogens is 3. The zero-order chi connectivity index (χ0) is 13.0. The first-order valence-corrected chi connectivity index (χ1v) is 5.06. The molecule has 0 aliphatic carbocycles. The van der Waals surface area contributed by atoms with Gasteiger partial charge in [0.25, 0.3) is 6.43 Å². The summed E-state index contributed by atoms with van der Waals surface area (Å²) in [5.41, 5.74) is -1.42. The number of carbonyl (C=O) groups is 1. The third-order valence-electron chi connectivity index (χ3n) is 2.17. The van der Waals surface area contributed by atoms with Crippen molar-refractivity contribution in [2.45, 2.75) is 38.8 Å². The monoisotopic (exact) mass is 249 g/mol. The number of aliphatic hydroxyl groups is 1. The normalized spacial score (nSPS) is 13.0. The molecule has 2 N–H and O–H groups in total. The molecule has 0 aliphatic heterocycles. The van der Waals surface area contributed by atoms with Crippen LogP contribution in [0.2, 0.25) is 0 Å². The molecule has 0 saturated carbocycles. The highest BCUT2D eigenvalue weighted by Crippen LogP contribution is 2.21. The highest BCUT2D eigenvalue weighted by Gasteiger charge is 2.25. The van der Waals surface area contributed by atoms with Crippen LogP contribution in [-0.2, 0) is 6.54 Å². The number of nitrogens with zero attached hydrogens (tertiary/aromatic N) is 3. The molecular weight excluding hydrogens is 236 g/mol.